The highest BCUT2D eigenvalue weighted by atomic mass is 19.1. The third-order valence-electron chi connectivity index (χ3n) is 6.21. The van der Waals surface area contributed by atoms with Gasteiger partial charge in [-0.15, -0.1) is 0 Å². The fourth-order valence-electron chi connectivity index (χ4n) is 4.88. The quantitative estimate of drug-likeness (QED) is 0.763. The molecule has 0 spiro atoms. The van der Waals surface area contributed by atoms with Crippen molar-refractivity contribution >= 4 is 6.03 Å². The van der Waals surface area contributed by atoms with E-state index in [4.69, 9.17) is 4.74 Å². The Morgan fingerprint density at radius 3 is 2.63 bits per heavy atom. The molecule has 2 fully saturated rings. The normalized spacial score (nSPS) is 23.5. The fourth-order valence-corrected chi connectivity index (χ4v) is 4.88. The van der Waals surface area contributed by atoms with Gasteiger partial charge in [-0.1, -0.05) is 12.1 Å². The molecule has 0 aliphatic carbocycles. The van der Waals surface area contributed by atoms with Gasteiger partial charge in [0.15, 0.2) is 0 Å². The lowest BCUT2D eigenvalue weighted by molar-refractivity contribution is 0.151. The second kappa shape index (κ2) is 8.22. The first-order valence-corrected chi connectivity index (χ1v) is 10.2. The van der Waals surface area contributed by atoms with Crippen LogP contribution in [0.25, 0.3) is 0 Å². The second-order valence-electron chi connectivity index (χ2n) is 8.40. The molecule has 0 unspecified atom stereocenters. The van der Waals surface area contributed by atoms with Crippen molar-refractivity contribution in [1.29, 1.82) is 0 Å². The van der Waals surface area contributed by atoms with Crippen molar-refractivity contribution in [1.82, 2.24) is 14.7 Å². The molecule has 0 radical (unpaired) electrons. The van der Waals surface area contributed by atoms with Gasteiger partial charge in [0.1, 0.15) is 17.4 Å². The molecule has 2 saturated heterocycles. The van der Waals surface area contributed by atoms with Crippen LogP contribution in [0.2, 0.25) is 0 Å². The van der Waals surface area contributed by atoms with Crippen molar-refractivity contribution in [3.8, 4) is 5.75 Å². The predicted octanol–water partition coefficient (Wildman–Crippen LogP) is 3.76. The smallest absolute Gasteiger partial charge is 0.320 e. The molecule has 160 valence electrons. The molecule has 30 heavy (non-hydrogen) atoms. The molecule has 0 bridgehead atoms. The van der Waals surface area contributed by atoms with Crippen LogP contribution in [0, 0.1) is 23.5 Å². The first-order valence-electron chi connectivity index (χ1n) is 10.2. The largest absolute Gasteiger partial charge is 0.497 e. The number of hydrogen-bond acceptors (Lipinski definition) is 3. The lowest BCUT2D eigenvalue weighted by Gasteiger charge is -2.32. The topological polar surface area (TPSA) is 36.0 Å². The van der Waals surface area contributed by atoms with Crippen molar-refractivity contribution in [2.24, 2.45) is 11.8 Å². The summed E-state index contributed by atoms with van der Waals surface area (Å²) in [4.78, 5) is 18.5. The summed E-state index contributed by atoms with van der Waals surface area (Å²) in [5.41, 5.74) is 1.41. The fraction of sp³-hybridized carbons (Fsp3) is 0.435. The summed E-state index contributed by atoms with van der Waals surface area (Å²) in [6, 6.07) is 11.0. The number of amides is 2. The summed E-state index contributed by atoms with van der Waals surface area (Å²) in [7, 11) is 5.03. The van der Waals surface area contributed by atoms with Crippen LogP contribution in [0.15, 0.2) is 42.5 Å². The van der Waals surface area contributed by atoms with Gasteiger partial charge in [0, 0.05) is 51.8 Å². The number of nitrogens with zero attached hydrogens (tertiary/aromatic N) is 3. The number of carbonyl (C=O) groups excluding carboxylic acids is 1. The average molecular weight is 415 g/mol. The molecule has 0 aromatic heterocycles. The van der Waals surface area contributed by atoms with Gasteiger partial charge in [-0.2, -0.15) is 0 Å². The van der Waals surface area contributed by atoms with Gasteiger partial charge in [-0.25, -0.2) is 13.6 Å². The molecule has 2 aromatic carbocycles. The summed E-state index contributed by atoms with van der Waals surface area (Å²) >= 11 is 0. The van der Waals surface area contributed by atoms with E-state index in [0.29, 0.717) is 24.4 Å². The maximum atomic E-state index is 14.3. The van der Waals surface area contributed by atoms with Gasteiger partial charge in [0.2, 0.25) is 0 Å². The molecule has 3 atom stereocenters. The second-order valence-corrected chi connectivity index (χ2v) is 8.40. The van der Waals surface area contributed by atoms with Gasteiger partial charge in [-0.3, -0.25) is 4.90 Å². The minimum Gasteiger partial charge on any atom is -0.497 e. The first-order chi connectivity index (χ1) is 14.4. The van der Waals surface area contributed by atoms with E-state index in [9.17, 15) is 13.6 Å². The van der Waals surface area contributed by atoms with Crippen LogP contribution in [0.1, 0.15) is 17.2 Å². The molecular formula is C23H27F2N3O2. The van der Waals surface area contributed by atoms with Crippen LogP contribution in [0.3, 0.4) is 0 Å². The third-order valence-corrected chi connectivity index (χ3v) is 6.21. The Labute approximate surface area is 175 Å². The Hall–Kier alpha value is -2.67. The van der Waals surface area contributed by atoms with Gasteiger partial charge in [-0.05, 0) is 41.8 Å². The van der Waals surface area contributed by atoms with Gasteiger partial charge in [0.05, 0.1) is 13.2 Å². The van der Waals surface area contributed by atoms with Crippen molar-refractivity contribution in [3.63, 3.8) is 0 Å². The number of rotatable bonds is 4. The summed E-state index contributed by atoms with van der Waals surface area (Å²) in [5.74, 6) is 0.506. The van der Waals surface area contributed by atoms with Crippen LogP contribution in [-0.4, -0.2) is 61.6 Å². The summed E-state index contributed by atoms with van der Waals surface area (Å²) in [5, 5.41) is 0. The molecule has 2 aromatic rings. The molecule has 5 nitrogen and oxygen atoms in total. The number of likely N-dealkylation sites (tertiary alicyclic amines) is 2. The summed E-state index contributed by atoms with van der Waals surface area (Å²) in [6.45, 7) is 2.58. The van der Waals surface area contributed by atoms with E-state index in [1.54, 1.807) is 44.3 Å². The van der Waals surface area contributed by atoms with E-state index in [2.05, 4.69) is 4.90 Å². The van der Waals surface area contributed by atoms with Crippen LogP contribution >= 0.6 is 0 Å². The van der Waals surface area contributed by atoms with E-state index in [-0.39, 0.29) is 35.5 Å². The number of methoxy groups -OCH3 is 1. The van der Waals surface area contributed by atoms with E-state index >= 15 is 0 Å². The highest BCUT2D eigenvalue weighted by Crippen LogP contribution is 2.45. The number of hydrogen-bond donors (Lipinski definition) is 0. The molecule has 0 N–H and O–H groups in total. The lowest BCUT2D eigenvalue weighted by atomic mass is 9.89. The Bertz CT molecular complexity index is 936. The van der Waals surface area contributed by atoms with E-state index in [0.717, 1.165) is 18.7 Å². The first kappa shape index (κ1) is 20.6. The predicted molar refractivity (Wildman–Crippen MR) is 110 cm³/mol. The van der Waals surface area contributed by atoms with Crippen molar-refractivity contribution in [2.45, 2.75) is 12.6 Å². The van der Waals surface area contributed by atoms with Gasteiger partial charge in [0.25, 0.3) is 0 Å². The minimum absolute atomic E-state index is 0.0657. The number of fused-ring (bicyclic) bond motifs is 1. The molecule has 2 heterocycles. The van der Waals surface area contributed by atoms with Crippen LogP contribution < -0.4 is 4.74 Å². The third kappa shape index (κ3) is 3.86. The molecule has 2 aliphatic rings. The minimum atomic E-state index is -0.304. The van der Waals surface area contributed by atoms with Gasteiger partial charge < -0.3 is 14.5 Å². The molecule has 4 rings (SSSR count). The SMILES string of the molecule is COc1ccc(F)c(CN2C[C@@H]3CN(C(=O)N(C)C)[C@@H](c4cccc(F)c4)[C@@H]3C2)c1. The van der Waals surface area contributed by atoms with Gasteiger partial charge >= 0.3 is 6.03 Å². The average Bonchev–Trinajstić information content (AvgIpc) is 3.26. The number of ether oxygens (including phenoxy) is 1. The Balaban J connectivity index is 1.57. The van der Waals surface area contributed by atoms with Crippen molar-refractivity contribution < 1.29 is 18.3 Å². The monoisotopic (exact) mass is 415 g/mol. The lowest BCUT2D eigenvalue weighted by Crippen LogP contribution is -2.41. The number of urea groups is 1. The zero-order valence-electron chi connectivity index (χ0n) is 17.5. The van der Waals surface area contributed by atoms with Crippen molar-refractivity contribution in [2.75, 3.05) is 40.8 Å². The van der Waals surface area contributed by atoms with Crippen molar-refractivity contribution in [3.05, 3.63) is 65.2 Å². The highest BCUT2D eigenvalue weighted by Gasteiger charge is 2.49. The summed E-state index contributed by atoms with van der Waals surface area (Å²) in [6.07, 6.45) is 0. The van der Waals surface area contributed by atoms with E-state index in [1.165, 1.54) is 18.2 Å². The highest BCUT2D eigenvalue weighted by molar-refractivity contribution is 5.75. The zero-order chi connectivity index (χ0) is 21.4. The standard InChI is InChI=1S/C23H27F2N3O2/c1-26(2)23(29)28-13-17-12-27(11-16-10-19(30-3)7-8-21(16)25)14-20(17)22(28)15-5-4-6-18(24)9-15/h4-10,17,20,22H,11-14H2,1-3H3/t17-,20-,22+/m1/s1. The Morgan fingerprint density at radius 1 is 1.13 bits per heavy atom. The molecule has 2 aliphatic heterocycles. The maximum absolute atomic E-state index is 14.3. The Morgan fingerprint density at radius 2 is 1.93 bits per heavy atom. The van der Waals surface area contributed by atoms with Crippen LogP contribution in [-0.2, 0) is 6.54 Å². The number of benzene rings is 2. The molecule has 0 saturated carbocycles. The molecular weight excluding hydrogens is 388 g/mol. The number of carbonyl (C=O) groups is 1. The molecule has 2 amide bonds. The zero-order valence-corrected chi connectivity index (χ0v) is 17.5. The van der Waals surface area contributed by atoms with E-state index < -0.39 is 0 Å². The number of halogens is 2. The maximum Gasteiger partial charge on any atom is 0.320 e. The van der Waals surface area contributed by atoms with Crippen LogP contribution in [0.4, 0.5) is 13.6 Å². The van der Waals surface area contributed by atoms with Crippen LogP contribution in [0.5, 0.6) is 5.75 Å². The molecule has 7 heteroatoms. The Kier molecular flexibility index (Phi) is 5.64. The van der Waals surface area contributed by atoms with E-state index in [1.807, 2.05) is 11.0 Å². The summed E-state index contributed by atoms with van der Waals surface area (Å²) < 4.78 is 33.5.